The lowest BCUT2D eigenvalue weighted by molar-refractivity contribution is -0.149. The Bertz CT molecular complexity index is 1030. The van der Waals surface area contributed by atoms with Gasteiger partial charge < -0.3 is 14.7 Å². The Labute approximate surface area is 162 Å². The van der Waals surface area contributed by atoms with Gasteiger partial charge in [-0.15, -0.1) is 0 Å². The van der Waals surface area contributed by atoms with Crippen LogP contribution in [0.1, 0.15) is 28.8 Å². The summed E-state index contributed by atoms with van der Waals surface area (Å²) in [4.78, 5) is 31.3. The number of carbonyl (C=O) groups is 2. The van der Waals surface area contributed by atoms with Gasteiger partial charge in [-0.25, -0.2) is 4.79 Å². The second kappa shape index (κ2) is 7.68. The number of aromatic nitrogens is 1. The molecule has 1 atom stereocenters. The fourth-order valence-corrected chi connectivity index (χ4v) is 3.59. The number of phenolic OH excluding ortho intramolecular Hbond substituents is 1. The van der Waals surface area contributed by atoms with Crippen LogP contribution >= 0.6 is 0 Å². The van der Waals surface area contributed by atoms with Crippen molar-refractivity contribution in [3.63, 3.8) is 0 Å². The molecule has 1 saturated heterocycles. The molecule has 1 unspecified atom stereocenters. The number of ether oxygens (including phenoxy) is 1. The number of hydrogen-bond donors (Lipinski definition) is 1. The third kappa shape index (κ3) is 3.41. The van der Waals surface area contributed by atoms with Gasteiger partial charge in [0.2, 0.25) is 0 Å². The van der Waals surface area contributed by atoms with E-state index in [1.165, 1.54) is 11.0 Å². The van der Waals surface area contributed by atoms with Gasteiger partial charge in [0.15, 0.2) is 0 Å². The Morgan fingerprint density at radius 2 is 1.93 bits per heavy atom. The molecule has 1 aliphatic rings. The highest BCUT2D eigenvalue weighted by molar-refractivity contribution is 5.99. The van der Waals surface area contributed by atoms with Crippen LogP contribution in [0.15, 0.2) is 60.8 Å². The van der Waals surface area contributed by atoms with Crippen molar-refractivity contribution >= 4 is 22.8 Å². The number of rotatable bonds is 4. The maximum Gasteiger partial charge on any atom is 0.329 e. The largest absolute Gasteiger partial charge is 0.507 e. The van der Waals surface area contributed by atoms with E-state index in [4.69, 9.17) is 4.74 Å². The molecule has 28 heavy (non-hydrogen) atoms. The second-order valence-electron chi connectivity index (χ2n) is 6.77. The number of fused-ring (bicyclic) bond motifs is 1. The summed E-state index contributed by atoms with van der Waals surface area (Å²) in [5.41, 5.74) is 1.81. The van der Waals surface area contributed by atoms with Crippen molar-refractivity contribution < 1.29 is 19.4 Å². The van der Waals surface area contributed by atoms with Gasteiger partial charge in [-0.05, 0) is 31.0 Å². The summed E-state index contributed by atoms with van der Waals surface area (Å²) in [6.07, 6.45) is 2.97. The number of phenols is 1. The number of likely N-dealkylation sites (tertiary alicyclic amines) is 1. The third-order valence-electron chi connectivity index (χ3n) is 5.01. The maximum absolute atomic E-state index is 12.8. The molecule has 0 aliphatic carbocycles. The standard InChI is InChI=1S/C22H20N2O4/c25-19-11-2-1-9-17(19)21(26)24-13-5-10-18(24)22(27)28-14-16-7-3-6-15-8-4-12-23-20(15)16/h1-4,6-9,11-12,18,25H,5,10,13-14H2. The minimum Gasteiger partial charge on any atom is -0.507 e. The predicted molar refractivity (Wildman–Crippen MR) is 104 cm³/mol. The van der Waals surface area contributed by atoms with Gasteiger partial charge in [-0.3, -0.25) is 9.78 Å². The number of aromatic hydroxyl groups is 1. The lowest BCUT2D eigenvalue weighted by Gasteiger charge is -2.23. The minimum atomic E-state index is -0.643. The van der Waals surface area contributed by atoms with Crippen molar-refractivity contribution in [2.75, 3.05) is 6.54 Å². The zero-order chi connectivity index (χ0) is 19.5. The van der Waals surface area contributed by atoms with Crippen LogP contribution in [-0.4, -0.2) is 39.5 Å². The van der Waals surface area contributed by atoms with Crippen LogP contribution in [-0.2, 0) is 16.1 Å². The molecular formula is C22H20N2O4. The van der Waals surface area contributed by atoms with Crippen molar-refractivity contribution in [1.29, 1.82) is 0 Å². The first-order valence-electron chi connectivity index (χ1n) is 9.23. The maximum atomic E-state index is 12.8. The molecule has 1 aromatic heterocycles. The summed E-state index contributed by atoms with van der Waals surface area (Å²) in [6.45, 7) is 0.561. The van der Waals surface area contributed by atoms with Crippen molar-refractivity contribution in [2.45, 2.75) is 25.5 Å². The topological polar surface area (TPSA) is 79.7 Å². The smallest absolute Gasteiger partial charge is 0.329 e. The van der Waals surface area contributed by atoms with E-state index >= 15 is 0 Å². The lowest BCUT2D eigenvalue weighted by Crippen LogP contribution is -2.41. The van der Waals surface area contributed by atoms with Crippen LogP contribution in [0.5, 0.6) is 5.75 Å². The number of hydrogen-bond acceptors (Lipinski definition) is 5. The van der Waals surface area contributed by atoms with E-state index in [9.17, 15) is 14.7 Å². The number of benzene rings is 2. The van der Waals surface area contributed by atoms with E-state index in [-0.39, 0.29) is 23.8 Å². The van der Waals surface area contributed by atoms with Crippen LogP contribution in [0.2, 0.25) is 0 Å². The molecule has 1 aliphatic heterocycles. The first-order chi connectivity index (χ1) is 13.6. The average Bonchev–Trinajstić information content (AvgIpc) is 3.22. The van der Waals surface area contributed by atoms with Crippen molar-refractivity contribution in [2.24, 2.45) is 0 Å². The molecule has 0 spiro atoms. The highest BCUT2D eigenvalue weighted by atomic mass is 16.5. The lowest BCUT2D eigenvalue weighted by atomic mass is 10.1. The number of carbonyl (C=O) groups excluding carboxylic acids is 2. The highest BCUT2D eigenvalue weighted by Gasteiger charge is 2.36. The van der Waals surface area contributed by atoms with Crippen molar-refractivity contribution in [3.05, 3.63) is 71.9 Å². The van der Waals surface area contributed by atoms with E-state index in [1.54, 1.807) is 24.4 Å². The molecule has 2 heterocycles. The normalized spacial score (nSPS) is 16.3. The van der Waals surface area contributed by atoms with Gasteiger partial charge >= 0.3 is 5.97 Å². The Hall–Kier alpha value is -3.41. The molecule has 0 radical (unpaired) electrons. The molecule has 0 bridgehead atoms. The van der Waals surface area contributed by atoms with E-state index in [0.29, 0.717) is 13.0 Å². The summed E-state index contributed by atoms with van der Waals surface area (Å²) in [5, 5.41) is 10.9. The van der Waals surface area contributed by atoms with Crippen LogP contribution in [0.3, 0.4) is 0 Å². The van der Waals surface area contributed by atoms with Crippen molar-refractivity contribution in [3.8, 4) is 5.75 Å². The van der Waals surface area contributed by atoms with Gasteiger partial charge in [-0.2, -0.15) is 0 Å². The number of amides is 1. The Kier molecular flexibility index (Phi) is 4.93. The van der Waals surface area contributed by atoms with Gasteiger partial charge in [0.25, 0.3) is 5.91 Å². The molecule has 6 heteroatoms. The number of nitrogens with zero attached hydrogens (tertiary/aromatic N) is 2. The van der Waals surface area contributed by atoms with Crippen molar-refractivity contribution in [1.82, 2.24) is 9.88 Å². The Balaban J connectivity index is 1.48. The van der Waals surface area contributed by atoms with Gasteiger partial charge in [-0.1, -0.05) is 36.4 Å². The molecule has 3 aromatic rings. The van der Waals surface area contributed by atoms with Crippen LogP contribution in [0, 0.1) is 0 Å². The third-order valence-corrected chi connectivity index (χ3v) is 5.01. The summed E-state index contributed by atoms with van der Waals surface area (Å²) in [6, 6.07) is 15.3. The molecule has 2 aromatic carbocycles. The zero-order valence-electron chi connectivity index (χ0n) is 15.2. The summed E-state index contributed by atoms with van der Waals surface area (Å²) < 4.78 is 5.53. The van der Waals surface area contributed by atoms with Gasteiger partial charge in [0.05, 0.1) is 11.1 Å². The molecule has 1 amide bonds. The van der Waals surface area contributed by atoms with E-state index in [1.807, 2.05) is 30.3 Å². The zero-order valence-corrected chi connectivity index (χ0v) is 15.2. The molecular weight excluding hydrogens is 356 g/mol. The number of para-hydroxylation sites is 2. The quantitative estimate of drug-likeness (QED) is 0.707. The fraction of sp³-hybridized carbons (Fsp3) is 0.227. The molecule has 0 saturated carbocycles. The second-order valence-corrected chi connectivity index (χ2v) is 6.77. The minimum absolute atomic E-state index is 0.0895. The van der Waals surface area contributed by atoms with E-state index < -0.39 is 12.0 Å². The van der Waals surface area contributed by atoms with Gasteiger partial charge in [0.1, 0.15) is 18.4 Å². The average molecular weight is 376 g/mol. The van der Waals surface area contributed by atoms with Crippen LogP contribution in [0.4, 0.5) is 0 Å². The molecule has 6 nitrogen and oxygen atoms in total. The Morgan fingerprint density at radius 1 is 1.11 bits per heavy atom. The molecule has 1 N–H and O–H groups in total. The van der Waals surface area contributed by atoms with Crippen LogP contribution in [0.25, 0.3) is 10.9 Å². The molecule has 4 rings (SSSR count). The summed E-state index contributed by atoms with van der Waals surface area (Å²) in [7, 11) is 0. The highest BCUT2D eigenvalue weighted by Crippen LogP contribution is 2.25. The van der Waals surface area contributed by atoms with E-state index in [0.717, 1.165) is 22.9 Å². The molecule has 1 fully saturated rings. The fourth-order valence-electron chi connectivity index (χ4n) is 3.59. The number of esters is 1. The first kappa shape index (κ1) is 18.0. The molecule has 142 valence electrons. The summed E-state index contributed by atoms with van der Waals surface area (Å²) in [5.74, 6) is -0.882. The van der Waals surface area contributed by atoms with Gasteiger partial charge in [0, 0.05) is 23.7 Å². The Morgan fingerprint density at radius 3 is 2.79 bits per heavy atom. The predicted octanol–water partition coefficient (Wildman–Crippen LogP) is 3.29. The number of pyridine rings is 1. The van der Waals surface area contributed by atoms with Crippen LogP contribution < -0.4 is 0 Å². The van der Waals surface area contributed by atoms with E-state index in [2.05, 4.69) is 4.98 Å². The summed E-state index contributed by atoms with van der Waals surface area (Å²) >= 11 is 0. The monoisotopic (exact) mass is 376 g/mol. The SMILES string of the molecule is O=C(OCc1cccc2cccnc12)C1CCCN1C(=O)c1ccccc1O. The first-order valence-corrected chi connectivity index (χ1v) is 9.23.